The molecule has 0 unspecified atom stereocenters. The van der Waals surface area contributed by atoms with Crippen molar-refractivity contribution in [3.8, 4) is 0 Å². The summed E-state index contributed by atoms with van der Waals surface area (Å²) in [4.78, 5) is 15.8. The van der Waals surface area contributed by atoms with Gasteiger partial charge in [0.25, 0.3) is 5.63 Å². The van der Waals surface area contributed by atoms with Gasteiger partial charge in [0.05, 0.1) is 5.58 Å². The molecule has 0 saturated carbocycles. The molecular formula is C13H8NO2-. The molecule has 1 aromatic heterocycles. The number of hydrogen-bond donors (Lipinski definition) is 0. The molecule has 1 aliphatic rings. The molecule has 0 atom stereocenters. The van der Waals surface area contributed by atoms with Crippen LogP contribution < -0.4 is 5.63 Å². The molecule has 2 aromatic rings. The number of aliphatic imine (C=N–C) groups is 1. The molecule has 1 aliphatic heterocycles. The number of rotatable bonds is 1. The molecule has 1 aromatic carbocycles. The van der Waals surface area contributed by atoms with Crippen LogP contribution >= 0.6 is 0 Å². The van der Waals surface area contributed by atoms with Gasteiger partial charge in [-0.15, -0.1) is 12.1 Å². The minimum atomic E-state index is -0.374. The summed E-state index contributed by atoms with van der Waals surface area (Å²) in [6, 6.07) is 10.4. The van der Waals surface area contributed by atoms with Gasteiger partial charge in [0.2, 0.25) is 0 Å². The zero-order valence-electron chi connectivity index (χ0n) is 8.43. The lowest BCUT2D eigenvalue weighted by molar-refractivity contribution is 0.559. The van der Waals surface area contributed by atoms with Crippen molar-refractivity contribution < 1.29 is 4.42 Å². The second kappa shape index (κ2) is 3.45. The predicted molar refractivity (Wildman–Crippen MR) is 61.6 cm³/mol. The van der Waals surface area contributed by atoms with E-state index >= 15 is 0 Å². The van der Waals surface area contributed by atoms with Crippen LogP contribution in [0.1, 0.15) is 12.0 Å². The molecule has 2 heterocycles. The summed E-state index contributed by atoms with van der Waals surface area (Å²) in [6.45, 7) is 0. The van der Waals surface area contributed by atoms with Crippen LogP contribution in [0, 0.1) is 6.07 Å². The van der Waals surface area contributed by atoms with E-state index in [0.717, 1.165) is 11.1 Å². The van der Waals surface area contributed by atoms with Crippen LogP contribution in [0.4, 0.5) is 0 Å². The normalized spacial score (nSPS) is 14.4. The van der Waals surface area contributed by atoms with Gasteiger partial charge in [-0.2, -0.15) is 0 Å². The van der Waals surface area contributed by atoms with Gasteiger partial charge in [0.1, 0.15) is 0 Å². The molecule has 16 heavy (non-hydrogen) atoms. The van der Waals surface area contributed by atoms with Crippen LogP contribution in [0.25, 0.3) is 11.0 Å². The number of hydrogen-bond acceptors (Lipinski definition) is 3. The van der Waals surface area contributed by atoms with Gasteiger partial charge in [0, 0.05) is 6.20 Å². The Morgan fingerprint density at radius 3 is 3.00 bits per heavy atom. The fraction of sp³-hybridized carbons (Fsp3) is 0.0769. The molecule has 78 valence electrons. The van der Waals surface area contributed by atoms with E-state index in [4.69, 9.17) is 4.42 Å². The van der Waals surface area contributed by atoms with Crippen LogP contribution in [0.5, 0.6) is 0 Å². The van der Waals surface area contributed by atoms with Crippen LogP contribution in [-0.2, 0) is 0 Å². The Labute approximate surface area is 91.7 Å². The smallest absolute Gasteiger partial charge is 0.268 e. The zero-order valence-corrected chi connectivity index (χ0v) is 8.43. The highest BCUT2D eigenvalue weighted by Gasteiger charge is 2.05. The van der Waals surface area contributed by atoms with Gasteiger partial charge in [-0.3, -0.25) is 9.79 Å². The molecule has 0 N–H and O–H groups in total. The number of nitrogens with zero attached hydrogens (tertiary/aromatic N) is 1. The summed E-state index contributed by atoms with van der Waals surface area (Å²) in [7, 11) is 0. The van der Waals surface area contributed by atoms with Gasteiger partial charge >= 0.3 is 0 Å². The number of allylic oxidation sites excluding steroid dienone is 1. The first kappa shape index (κ1) is 9.09. The van der Waals surface area contributed by atoms with Crippen molar-refractivity contribution in [3.63, 3.8) is 0 Å². The Morgan fingerprint density at radius 2 is 2.19 bits per heavy atom. The quantitative estimate of drug-likeness (QED) is 0.535. The lowest BCUT2D eigenvalue weighted by Crippen LogP contribution is -2.13. The molecule has 3 rings (SSSR count). The molecular weight excluding hydrogens is 202 g/mol. The van der Waals surface area contributed by atoms with E-state index in [1.807, 2.05) is 24.3 Å². The average Bonchev–Trinajstić information content (AvgIpc) is 2.81. The molecule has 0 aliphatic carbocycles. The second-order valence-electron chi connectivity index (χ2n) is 3.55. The number of benzene rings is 1. The highest BCUT2D eigenvalue weighted by molar-refractivity contribution is 6.03. The summed E-state index contributed by atoms with van der Waals surface area (Å²) >= 11 is 0. The maximum Gasteiger partial charge on any atom is 0.268 e. The Balaban J connectivity index is 2.26. The fourth-order valence-electron chi connectivity index (χ4n) is 1.71. The van der Waals surface area contributed by atoms with E-state index in [-0.39, 0.29) is 5.63 Å². The summed E-state index contributed by atoms with van der Waals surface area (Å²) in [6.07, 6.45) is 4.26. The summed E-state index contributed by atoms with van der Waals surface area (Å²) in [5, 5.41) is 0.798. The van der Waals surface area contributed by atoms with Crippen molar-refractivity contribution in [1.82, 2.24) is 0 Å². The summed E-state index contributed by atoms with van der Waals surface area (Å²) in [5.74, 6) is 0. The molecule has 0 fully saturated rings. The Kier molecular flexibility index (Phi) is 1.96. The highest BCUT2D eigenvalue weighted by atomic mass is 16.4. The minimum Gasteiger partial charge on any atom is -0.496 e. The third-order valence-corrected chi connectivity index (χ3v) is 2.49. The van der Waals surface area contributed by atoms with Crippen molar-refractivity contribution >= 4 is 16.7 Å². The Hall–Kier alpha value is -2.16. The van der Waals surface area contributed by atoms with Gasteiger partial charge in [-0.1, -0.05) is 29.7 Å². The van der Waals surface area contributed by atoms with E-state index in [0.29, 0.717) is 17.6 Å². The van der Waals surface area contributed by atoms with Crippen LogP contribution in [-0.4, -0.2) is 5.71 Å². The standard InChI is InChI=1S/C13H8NO2/c15-13-10(11-5-3-7-14-11)8-9-4-1-2-6-12(9)16-13/h1-4,6-7H,5H2/q-1. The maximum absolute atomic E-state index is 11.7. The van der Waals surface area contributed by atoms with E-state index in [1.165, 1.54) is 0 Å². The van der Waals surface area contributed by atoms with E-state index in [1.54, 1.807) is 12.3 Å². The largest absolute Gasteiger partial charge is 0.496 e. The highest BCUT2D eigenvalue weighted by Crippen LogP contribution is 2.14. The summed E-state index contributed by atoms with van der Waals surface area (Å²) < 4.78 is 5.21. The van der Waals surface area contributed by atoms with Crippen molar-refractivity contribution in [2.45, 2.75) is 6.42 Å². The van der Waals surface area contributed by atoms with E-state index in [2.05, 4.69) is 11.1 Å². The minimum absolute atomic E-state index is 0.374. The third kappa shape index (κ3) is 1.37. The number of fused-ring (bicyclic) bond motifs is 1. The number of para-hydroxylation sites is 1. The van der Waals surface area contributed by atoms with Crippen molar-refractivity contribution in [1.29, 1.82) is 0 Å². The van der Waals surface area contributed by atoms with Crippen LogP contribution in [0.3, 0.4) is 0 Å². The lowest BCUT2D eigenvalue weighted by Gasteiger charge is -2.08. The molecule has 0 bridgehead atoms. The van der Waals surface area contributed by atoms with E-state index in [9.17, 15) is 4.79 Å². The third-order valence-electron chi connectivity index (χ3n) is 2.49. The molecule has 0 saturated heterocycles. The predicted octanol–water partition coefficient (Wildman–Crippen LogP) is 2.30. The van der Waals surface area contributed by atoms with Crippen LogP contribution in [0.2, 0.25) is 0 Å². The Bertz CT molecular complexity index is 665. The summed E-state index contributed by atoms with van der Waals surface area (Å²) in [5.41, 5.74) is 1.34. The Morgan fingerprint density at radius 1 is 1.31 bits per heavy atom. The monoisotopic (exact) mass is 210 g/mol. The van der Waals surface area contributed by atoms with Crippen molar-refractivity contribution in [3.05, 3.63) is 58.6 Å². The lowest BCUT2D eigenvalue weighted by atomic mass is 10.1. The maximum atomic E-state index is 11.7. The first-order valence-electron chi connectivity index (χ1n) is 5.02. The topological polar surface area (TPSA) is 42.6 Å². The molecule has 0 amide bonds. The van der Waals surface area contributed by atoms with Crippen LogP contribution in [0.15, 0.2) is 50.7 Å². The molecule has 0 spiro atoms. The first-order valence-corrected chi connectivity index (χ1v) is 5.02. The van der Waals surface area contributed by atoms with Crippen molar-refractivity contribution in [2.75, 3.05) is 0 Å². The molecule has 3 heteroatoms. The van der Waals surface area contributed by atoms with Gasteiger partial charge in [0.15, 0.2) is 0 Å². The SMILES string of the molecule is O=c1oc2ccccc2[c-]c1C1=NC=CC1. The zero-order chi connectivity index (χ0) is 11.0. The molecule has 3 nitrogen and oxygen atoms in total. The van der Waals surface area contributed by atoms with E-state index < -0.39 is 0 Å². The molecule has 0 radical (unpaired) electrons. The van der Waals surface area contributed by atoms with Gasteiger partial charge in [-0.05, 0) is 17.7 Å². The average molecular weight is 210 g/mol. The van der Waals surface area contributed by atoms with Gasteiger partial charge < -0.3 is 4.42 Å². The fourth-order valence-corrected chi connectivity index (χ4v) is 1.71. The van der Waals surface area contributed by atoms with Crippen molar-refractivity contribution in [2.24, 2.45) is 4.99 Å². The first-order chi connectivity index (χ1) is 7.84. The van der Waals surface area contributed by atoms with Gasteiger partial charge in [-0.25, -0.2) is 0 Å². The second-order valence-corrected chi connectivity index (χ2v) is 3.55.